The molecule has 0 aromatic rings. The van der Waals surface area contributed by atoms with Gasteiger partial charge in [0.25, 0.3) is 0 Å². The Kier molecular flexibility index (Phi) is 8.56. The van der Waals surface area contributed by atoms with Crippen LogP contribution in [-0.2, 0) is 0 Å². The number of nitrogens with one attached hydrogen (secondary N) is 3. The molecular formula is C12H29N5. The molecule has 0 saturated carbocycles. The van der Waals surface area contributed by atoms with E-state index in [1.807, 2.05) is 14.1 Å². The Labute approximate surface area is 106 Å². The second-order valence-electron chi connectivity index (χ2n) is 4.64. The molecule has 0 unspecified atom stereocenters. The lowest BCUT2D eigenvalue weighted by atomic mass is 10.3. The van der Waals surface area contributed by atoms with Gasteiger partial charge in [0.1, 0.15) is 0 Å². The molecule has 5 heteroatoms. The van der Waals surface area contributed by atoms with Gasteiger partial charge in [0.2, 0.25) is 0 Å². The molecule has 1 aliphatic rings. The third-order valence-corrected chi connectivity index (χ3v) is 3.30. The summed E-state index contributed by atoms with van der Waals surface area (Å²) in [5.74, 6) is 0. The largest absolute Gasteiger partial charge is 0.318 e. The van der Waals surface area contributed by atoms with Crippen molar-refractivity contribution in [3.8, 4) is 0 Å². The van der Waals surface area contributed by atoms with Crippen LogP contribution < -0.4 is 16.0 Å². The van der Waals surface area contributed by atoms with Gasteiger partial charge in [-0.05, 0) is 14.1 Å². The predicted molar refractivity (Wildman–Crippen MR) is 73.6 cm³/mol. The maximum Gasteiger partial charge on any atom is 0.0110 e. The first-order valence-electron chi connectivity index (χ1n) is 6.81. The summed E-state index contributed by atoms with van der Waals surface area (Å²) in [6.07, 6.45) is 0. The highest BCUT2D eigenvalue weighted by atomic mass is 15.3. The molecule has 3 N–H and O–H groups in total. The maximum absolute atomic E-state index is 3.45. The second kappa shape index (κ2) is 9.79. The van der Waals surface area contributed by atoms with E-state index in [0.717, 1.165) is 26.2 Å². The van der Waals surface area contributed by atoms with Gasteiger partial charge in [0.05, 0.1) is 0 Å². The van der Waals surface area contributed by atoms with Gasteiger partial charge in [-0.1, -0.05) is 0 Å². The fraction of sp³-hybridized carbons (Fsp3) is 1.00. The monoisotopic (exact) mass is 243 g/mol. The third kappa shape index (κ3) is 6.95. The lowest BCUT2D eigenvalue weighted by Gasteiger charge is -2.34. The molecule has 0 aromatic heterocycles. The summed E-state index contributed by atoms with van der Waals surface area (Å²) in [5, 5.41) is 9.80. The maximum atomic E-state index is 3.45. The van der Waals surface area contributed by atoms with E-state index >= 15 is 0 Å². The van der Waals surface area contributed by atoms with Crippen LogP contribution in [0.15, 0.2) is 0 Å². The number of piperazine rings is 1. The topological polar surface area (TPSA) is 42.6 Å². The minimum Gasteiger partial charge on any atom is -0.318 e. The molecule has 0 bridgehead atoms. The average molecular weight is 243 g/mol. The third-order valence-electron chi connectivity index (χ3n) is 3.30. The van der Waals surface area contributed by atoms with Gasteiger partial charge < -0.3 is 16.0 Å². The number of hydrogen-bond donors (Lipinski definition) is 3. The number of rotatable bonds is 9. The predicted octanol–water partition coefficient (Wildman–Crippen LogP) is -1.37. The first-order chi connectivity index (χ1) is 8.36. The van der Waals surface area contributed by atoms with Crippen molar-refractivity contribution in [1.82, 2.24) is 25.8 Å². The molecule has 0 amide bonds. The van der Waals surface area contributed by atoms with Crippen molar-refractivity contribution in [2.24, 2.45) is 0 Å². The van der Waals surface area contributed by atoms with Crippen LogP contribution in [0.1, 0.15) is 0 Å². The van der Waals surface area contributed by atoms with Crippen molar-refractivity contribution in [2.45, 2.75) is 0 Å². The molecule has 0 aromatic carbocycles. The minimum absolute atomic E-state index is 1.05. The fourth-order valence-electron chi connectivity index (χ4n) is 2.08. The van der Waals surface area contributed by atoms with Gasteiger partial charge in [-0.25, -0.2) is 0 Å². The van der Waals surface area contributed by atoms with Crippen LogP contribution in [0.25, 0.3) is 0 Å². The van der Waals surface area contributed by atoms with E-state index in [-0.39, 0.29) is 0 Å². The highest BCUT2D eigenvalue weighted by molar-refractivity contribution is 4.72. The average Bonchev–Trinajstić information content (AvgIpc) is 2.37. The van der Waals surface area contributed by atoms with Gasteiger partial charge in [0.15, 0.2) is 0 Å². The standard InChI is InChI=1S/C12H29N5/c1-13-3-4-15-6-8-17-11-9-16(10-12-17)7-5-14-2/h13-15H,3-12H2,1-2H3. The summed E-state index contributed by atoms with van der Waals surface area (Å²) >= 11 is 0. The van der Waals surface area contributed by atoms with Crippen LogP contribution in [-0.4, -0.2) is 89.3 Å². The van der Waals surface area contributed by atoms with E-state index in [1.54, 1.807) is 0 Å². The Morgan fingerprint density at radius 2 is 1.24 bits per heavy atom. The summed E-state index contributed by atoms with van der Waals surface area (Å²) in [7, 11) is 4.01. The van der Waals surface area contributed by atoms with E-state index in [1.165, 1.54) is 39.3 Å². The van der Waals surface area contributed by atoms with Gasteiger partial charge in [-0.15, -0.1) is 0 Å². The minimum atomic E-state index is 1.05. The smallest absolute Gasteiger partial charge is 0.0110 e. The van der Waals surface area contributed by atoms with Gasteiger partial charge in [-0.2, -0.15) is 0 Å². The quantitative estimate of drug-likeness (QED) is 0.436. The lowest BCUT2D eigenvalue weighted by Crippen LogP contribution is -2.49. The lowest BCUT2D eigenvalue weighted by molar-refractivity contribution is 0.134. The normalized spacial score (nSPS) is 18.7. The highest BCUT2D eigenvalue weighted by Gasteiger charge is 2.15. The molecular weight excluding hydrogens is 214 g/mol. The molecule has 5 nitrogen and oxygen atoms in total. The summed E-state index contributed by atoms with van der Waals surface area (Å²) in [5.41, 5.74) is 0. The molecule has 0 atom stereocenters. The highest BCUT2D eigenvalue weighted by Crippen LogP contribution is 1.99. The SMILES string of the molecule is CNCCNCCN1CCN(CCNC)CC1. The Bertz CT molecular complexity index is 166. The van der Waals surface area contributed by atoms with Crippen LogP contribution >= 0.6 is 0 Å². The summed E-state index contributed by atoms with van der Waals surface area (Å²) in [6.45, 7) is 11.6. The molecule has 1 aliphatic heterocycles. The number of nitrogens with zero attached hydrogens (tertiary/aromatic N) is 2. The first kappa shape index (κ1) is 14.9. The van der Waals surface area contributed by atoms with E-state index < -0.39 is 0 Å². The molecule has 102 valence electrons. The Hall–Kier alpha value is -0.200. The zero-order valence-corrected chi connectivity index (χ0v) is 11.5. The Morgan fingerprint density at radius 1 is 0.706 bits per heavy atom. The van der Waals surface area contributed by atoms with Crippen molar-refractivity contribution < 1.29 is 0 Å². The van der Waals surface area contributed by atoms with E-state index in [0.29, 0.717) is 0 Å². The van der Waals surface area contributed by atoms with Crippen molar-refractivity contribution in [2.75, 3.05) is 79.5 Å². The summed E-state index contributed by atoms with van der Waals surface area (Å²) < 4.78 is 0. The molecule has 1 heterocycles. The number of hydrogen-bond acceptors (Lipinski definition) is 5. The zero-order chi connectivity index (χ0) is 12.3. The van der Waals surface area contributed by atoms with E-state index in [2.05, 4.69) is 25.8 Å². The summed E-state index contributed by atoms with van der Waals surface area (Å²) in [4.78, 5) is 5.10. The van der Waals surface area contributed by atoms with Gasteiger partial charge >= 0.3 is 0 Å². The Balaban J connectivity index is 1.95. The molecule has 1 saturated heterocycles. The molecule has 0 radical (unpaired) electrons. The van der Waals surface area contributed by atoms with Crippen molar-refractivity contribution in [3.05, 3.63) is 0 Å². The fourth-order valence-corrected chi connectivity index (χ4v) is 2.08. The number of likely N-dealkylation sites (N-methyl/N-ethyl adjacent to an activating group) is 2. The first-order valence-corrected chi connectivity index (χ1v) is 6.81. The van der Waals surface area contributed by atoms with Crippen LogP contribution in [0.3, 0.4) is 0 Å². The van der Waals surface area contributed by atoms with E-state index in [9.17, 15) is 0 Å². The van der Waals surface area contributed by atoms with Gasteiger partial charge in [0, 0.05) is 65.4 Å². The van der Waals surface area contributed by atoms with Crippen LogP contribution in [0.2, 0.25) is 0 Å². The molecule has 17 heavy (non-hydrogen) atoms. The van der Waals surface area contributed by atoms with Crippen LogP contribution in [0.4, 0.5) is 0 Å². The second-order valence-corrected chi connectivity index (χ2v) is 4.64. The van der Waals surface area contributed by atoms with Crippen molar-refractivity contribution in [3.63, 3.8) is 0 Å². The molecule has 0 aliphatic carbocycles. The van der Waals surface area contributed by atoms with Gasteiger partial charge in [-0.3, -0.25) is 9.80 Å². The zero-order valence-electron chi connectivity index (χ0n) is 11.5. The van der Waals surface area contributed by atoms with Crippen molar-refractivity contribution in [1.29, 1.82) is 0 Å². The molecule has 1 rings (SSSR count). The molecule has 0 spiro atoms. The molecule has 1 fully saturated rings. The van der Waals surface area contributed by atoms with Crippen LogP contribution in [0, 0.1) is 0 Å². The van der Waals surface area contributed by atoms with Crippen LogP contribution in [0.5, 0.6) is 0 Å². The van der Waals surface area contributed by atoms with Crippen molar-refractivity contribution >= 4 is 0 Å². The summed E-state index contributed by atoms with van der Waals surface area (Å²) in [6, 6.07) is 0. The van der Waals surface area contributed by atoms with E-state index in [4.69, 9.17) is 0 Å². The Morgan fingerprint density at radius 3 is 1.76 bits per heavy atom.